The van der Waals surface area contributed by atoms with Gasteiger partial charge >= 0.3 is 0 Å². The molecular weight excluding hydrogens is 228 g/mol. The van der Waals surface area contributed by atoms with Crippen molar-refractivity contribution in [3.63, 3.8) is 0 Å². The van der Waals surface area contributed by atoms with Crippen LogP contribution < -0.4 is 10.6 Å². The minimum atomic E-state index is 0.501. The predicted octanol–water partition coefficient (Wildman–Crippen LogP) is 2.84. The van der Waals surface area contributed by atoms with E-state index >= 15 is 0 Å². The summed E-state index contributed by atoms with van der Waals surface area (Å²) in [5.74, 6) is 0. The third-order valence-electron chi connectivity index (χ3n) is 4.10. The molecule has 2 rings (SSSR count). The van der Waals surface area contributed by atoms with Gasteiger partial charge in [0.15, 0.2) is 0 Å². The highest BCUT2D eigenvalue weighted by Gasteiger charge is 2.31. The first kappa shape index (κ1) is 13.1. The van der Waals surface area contributed by atoms with E-state index in [0.29, 0.717) is 5.41 Å². The molecule has 2 nitrogen and oxygen atoms in total. The summed E-state index contributed by atoms with van der Waals surface area (Å²) in [5, 5.41) is 7.13. The summed E-state index contributed by atoms with van der Waals surface area (Å²) in [6.07, 6.45) is 2.59. The van der Waals surface area contributed by atoms with E-state index in [9.17, 15) is 0 Å². The molecular formula is C14H24N2S. The van der Waals surface area contributed by atoms with E-state index in [1.54, 1.807) is 0 Å². The highest BCUT2D eigenvalue weighted by atomic mass is 32.1. The zero-order valence-electron chi connectivity index (χ0n) is 11.2. The van der Waals surface area contributed by atoms with Crippen molar-refractivity contribution in [2.75, 3.05) is 19.6 Å². The molecule has 0 radical (unpaired) electrons. The fraction of sp³-hybridized carbons (Fsp3) is 0.714. The van der Waals surface area contributed by atoms with E-state index in [2.05, 4.69) is 37.5 Å². The Morgan fingerprint density at radius 3 is 2.82 bits per heavy atom. The van der Waals surface area contributed by atoms with Crippen LogP contribution in [-0.2, 0) is 6.54 Å². The first-order valence-corrected chi connectivity index (χ1v) is 7.44. The Morgan fingerprint density at radius 2 is 2.29 bits per heavy atom. The molecule has 1 aromatic heterocycles. The van der Waals surface area contributed by atoms with Crippen molar-refractivity contribution >= 4 is 11.3 Å². The maximum absolute atomic E-state index is 3.65. The van der Waals surface area contributed by atoms with Gasteiger partial charge in [-0.3, -0.25) is 0 Å². The average molecular weight is 252 g/mol. The molecule has 3 heteroatoms. The number of hydrogen-bond acceptors (Lipinski definition) is 3. The molecule has 1 saturated heterocycles. The Morgan fingerprint density at radius 1 is 1.47 bits per heavy atom. The summed E-state index contributed by atoms with van der Waals surface area (Å²) in [6.45, 7) is 11.3. The van der Waals surface area contributed by atoms with Crippen LogP contribution in [0.5, 0.6) is 0 Å². The van der Waals surface area contributed by atoms with Crippen LogP contribution in [0.2, 0.25) is 0 Å². The average Bonchev–Trinajstić information content (AvgIpc) is 2.89. The second-order valence-corrected chi connectivity index (χ2v) is 6.68. The van der Waals surface area contributed by atoms with Crippen LogP contribution in [0.15, 0.2) is 6.07 Å². The van der Waals surface area contributed by atoms with Crippen LogP contribution in [-0.4, -0.2) is 19.6 Å². The lowest BCUT2D eigenvalue weighted by atomic mass is 9.84. The van der Waals surface area contributed by atoms with Gasteiger partial charge < -0.3 is 10.6 Å². The SMILES string of the molecule is CCC1(CNCc2cc(C)c(C)s2)CCNC1. The molecule has 1 aliphatic rings. The summed E-state index contributed by atoms with van der Waals surface area (Å²) in [4.78, 5) is 2.92. The predicted molar refractivity (Wildman–Crippen MR) is 75.7 cm³/mol. The van der Waals surface area contributed by atoms with E-state index in [-0.39, 0.29) is 0 Å². The lowest BCUT2D eigenvalue weighted by Crippen LogP contribution is -2.35. The third-order valence-corrected chi connectivity index (χ3v) is 5.25. The van der Waals surface area contributed by atoms with Crippen LogP contribution >= 0.6 is 11.3 Å². The molecule has 0 aliphatic carbocycles. The van der Waals surface area contributed by atoms with Crippen LogP contribution in [0.25, 0.3) is 0 Å². The standard InChI is InChI=1S/C14H24N2S/c1-4-14(5-6-15-9-14)10-16-8-13-7-11(2)12(3)17-13/h7,15-16H,4-6,8-10H2,1-3H3. The quantitative estimate of drug-likeness (QED) is 0.842. The van der Waals surface area contributed by atoms with Crippen molar-refractivity contribution in [2.24, 2.45) is 5.41 Å². The van der Waals surface area contributed by atoms with E-state index in [1.165, 1.54) is 41.2 Å². The van der Waals surface area contributed by atoms with E-state index < -0.39 is 0 Å². The summed E-state index contributed by atoms with van der Waals surface area (Å²) in [7, 11) is 0. The van der Waals surface area contributed by atoms with Gasteiger partial charge in [-0.2, -0.15) is 0 Å². The number of rotatable bonds is 5. The zero-order valence-corrected chi connectivity index (χ0v) is 12.0. The van der Waals surface area contributed by atoms with Gasteiger partial charge in [-0.25, -0.2) is 0 Å². The second kappa shape index (κ2) is 5.51. The molecule has 0 aromatic carbocycles. The molecule has 0 spiro atoms. The van der Waals surface area contributed by atoms with Gasteiger partial charge in [0.1, 0.15) is 0 Å². The number of hydrogen-bond donors (Lipinski definition) is 2. The van der Waals surface area contributed by atoms with Crippen LogP contribution in [0.4, 0.5) is 0 Å². The molecule has 0 bridgehead atoms. The van der Waals surface area contributed by atoms with Gasteiger partial charge in [0.2, 0.25) is 0 Å². The molecule has 2 N–H and O–H groups in total. The number of aryl methyl sites for hydroxylation is 2. The van der Waals surface area contributed by atoms with Crippen molar-refractivity contribution in [1.82, 2.24) is 10.6 Å². The molecule has 1 fully saturated rings. The highest BCUT2D eigenvalue weighted by molar-refractivity contribution is 7.12. The van der Waals surface area contributed by atoms with Gasteiger partial charge in [-0.15, -0.1) is 11.3 Å². The Labute approximate surface area is 109 Å². The molecule has 2 heterocycles. The molecule has 0 saturated carbocycles. The summed E-state index contributed by atoms with van der Waals surface area (Å²) < 4.78 is 0. The molecule has 1 aromatic rings. The third kappa shape index (κ3) is 3.09. The fourth-order valence-corrected chi connectivity index (χ4v) is 3.58. The van der Waals surface area contributed by atoms with Gasteiger partial charge in [-0.05, 0) is 50.3 Å². The smallest absolute Gasteiger partial charge is 0.0300 e. The normalized spacial score (nSPS) is 24.4. The largest absolute Gasteiger partial charge is 0.316 e. The number of thiophene rings is 1. The van der Waals surface area contributed by atoms with Crippen molar-refractivity contribution < 1.29 is 0 Å². The van der Waals surface area contributed by atoms with Crippen molar-refractivity contribution in [2.45, 2.75) is 40.2 Å². The maximum Gasteiger partial charge on any atom is 0.0300 e. The van der Waals surface area contributed by atoms with Gasteiger partial charge in [0.25, 0.3) is 0 Å². The highest BCUT2D eigenvalue weighted by Crippen LogP contribution is 2.28. The lowest BCUT2D eigenvalue weighted by molar-refractivity contribution is 0.291. The van der Waals surface area contributed by atoms with Gasteiger partial charge in [0.05, 0.1) is 0 Å². The first-order valence-electron chi connectivity index (χ1n) is 6.62. The van der Waals surface area contributed by atoms with Gasteiger partial charge in [-0.1, -0.05) is 6.92 Å². The second-order valence-electron chi connectivity index (χ2n) is 5.34. The molecule has 1 aliphatic heterocycles. The minimum absolute atomic E-state index is 0.501. The van der Waals surface area contributed by atoms with Crippen molar-refractivity contribution in [3.05, 3.63) is 21.4 Å². The molecule has 0 amide bonds. The van der Waals surface area contributed by atoms with Crippen LogP contribution in [0.3, 0.4) is 0 Å². The summed E-state index contributed by atoms with van der Waals surface area (Å²) in [6, 6.07) is 2.32. The first-order chi connectivity index (χ1) is 8.15. The Kier molecular flexibility index (Phi) is 4.23. The van der Waals surface area contributed by atoms with Crippen molar-refractivity contribution in [3.8, 4) is 0 Å². The molecule has 96 valence electrons. The monoisotopic (exact) mass is 252 g/mol. The Balaban J connectivity index is 1.82. The minimum Gasteiger partial charge on any atom is -0.316 e. The lowest BCUT2D eigenvalue weighted by Gasteiger charge is -2.26. The van der Waals surface area contributed by atoms with E-state index in [4.69, 9.17) is 0 Å². The van der Waals surface area contributed by atoms with Crippen molar-refractivity contribution in [1.29, 1.82) is 0 Å². The van der Waals surface area contributed by atoms with Crippen LogP contribution in [0, 0.1) is 19.3 Å². The van der Waals surface area contributed by atoms with Gasteiger partial charge in [0, 0.05) is 29.4 Å². The molecule has 1 atom stereocenters. The van der Waals surface area contributed by atoms with Crippen LogP contribution in [0.1, 0.15) is 35.1 Å². The Bertz CT molecular complexity index is 345. The maximum atomic E-state index is 3.65. The zero-order chi connectivity index (χ0) is 12.3. The number of nitrogens with one attached hydrogen (secondary N) is 2. The molecule has 1 unspecified atom stereocenters. The summed E-state index contributed by atoms with van der Waals surface area (Å²) >= 11 is 1.93. The Hall–Kier alpha value is -0.380. The van der Waals surface area contributed by atoms with E-state index in [0.717, 1.165) is 13.1 Å². The molecule has 17 heavy (non-hydrogen) atoms. The fourth-order valence-electron chi connectivity index (χ4n) is 2.56. The summed E-state index contributed by atoms with van der Waals surface area (Å²) in [5.41, 5.74) is 1.93. The van der Waals surface area contributed by atoms with E-state index in [1.807, 2.05) is 11.3 Å². The topological polar surface area (TPSA) is 24.1 Å².